The van der Waals surface area contributed by atoms with Gasteiger partial charge in [0.15, 0.2) is 0 Å². The first kappa shape index (κ1) is 16.2. The van der Waals surface area contributed by atoms with E-state index in [1.807, 2.05) is 6.92 Å². The second-order valence-corrected chi connectivity index (χ2v) is 6.64. The number of piperidine rings is 1. The fourth-order valence-corrected chi connectivity index (χ4v) is 3.61. The Bertz CT molecular complexity index is 556. The van der Waals surface area contributed by atoms with Gasteiger partial charge in [0.1, 0.15) is 11.6 Å². The summed E-state index contributed by atoms with van der Waals surface area (Å²) in [7, 11) is 1.69. The van der Waals surface area contributed by atoms with Crippen LogP contribution in [0.5, 0.6) is 0 Å². The van der Waals surface area contributed by atoms with E-state index in [4.69, 9.17) is 4.98 Å². The summed E-state index contributed by atoms with van der Waals surface area (Å²) < 4.78 is 0. The lowest BCUT2D eigenvalue weighted by Crippen LogP contribution is -2.41. The van der Waals surface area contributed by atoms with Crippen molar-refractivity contribution < 1.29 is 4.79 Å². The van der Waals surface area contributed by atoms with Crippen molar-refractivity contribution in [3.63, 3.8) is 0 Å². The van der Waals surface area contributed by atoms with Gasteiger partial charge in [-0.05, 0) is 39.2 Å². The number of likely N-dealkylation sites (tertiary alicyclic amines) is 1. The molecule has 2 saturated heterocycles. The minimum atomic E-state index is 0.0854. The van der Waals surface area contributed by atoms with Gasteiger partial charge in [-0.3, -0.25) is 9.69 Å². The molecule has 6 heteroatoms. The molecule has 2 aliphatic heterocycles. The summed E-state index contributed by atoms with van der Waals surface area (Å²) in [5, 5.41) is 2.71. The Kier molecular flexibility index (Phi) is 5.10. The van der Waals surface area contributed by atoms with Crippen LogP contribution in [-0.2, 0) is 4.79 Å². The molecule has 1 atom stereocenters. The number of likely N-dealkylation sites (N-methyl/N-ethyl adjacent to an activating group) is 1. The van der Waals surface area contributed by atoms with E-state index in [-0.39, 0.29) is 5.91 Å². The van der Waals surface area contributed by atoms with Crippen molar-refractivity contribution in [2.24, 2.45) is 0 Å². The van der Waals surface area contributed by atoms with E-state index in [1.54, 1.807) is 7.05 Å². The molecule has 0 spiro atoms. The second kappa shape index (κ2) is 7.25. The summed E-state index contributed by atoms with van der Waals surface area (Å²) in [6.45, 7) is 6.56. The van der Waals surface area contributed by atoms with Gasteiger partial charge < -0.3 is 10.2 Å². The summed E-state index contributed by atoms with van der Waals surface area (Å²) in [6.07, 6.45) is 4.76. The van der Waals surface area contributed by atoms with Crippen LogP contribution in [0.4, 0.5) is 5.82 Å². The number of hydrogen-bond donors (Lipinski definition) is 1. The van der Waals surface area contributed by atoms with E-state index < -0.39 is 0 Å². The quantitative estimate of drug-likeness (QED) is 0.907. The molecule has 0 aliphatic carbocycles. The molecule has 6 nitrogen and oxygen atoms in total. The van der Waals surface area contributed by atoms with Crippen molar-refractivity contribution >= 4 is 11.7 Å². The van der Waals surface area contributed by atoms with Crippen molar-refractivity contribution in [2.45, 2.75) is 38.5 Å². The monoisotopic (exact) mass is 317 g/mol. The Morgan fingerprint density at radius 3 is 2.78 bits per heavy atom. The lowest BCUT2D eigenvalue weighted by Gasteiger charge is -2.32. The SMILES string of the molecule is CNC(=O)CN1CCC[C@@H](c2cc(N3CCCC3)nc(C)n2)C1. The maximum atomic E-state index is 11.6. The third-order valence-electron chi connectivity index (χ3n) is 4.84. The number of nitrogens with zero attached hydrogens (tertiary/aromatic N) is 4. The van der Waals surface area contributed by atoms with Crippen LogP contribution in [0.1, 0.15) is 43.1 Å². The predicted molar refractivity (Wildman–Crippen MR) is 90.7 cm³/mol. The number of aromatic nitrogens is 2. The second-order valence-electron chi connectivity index (χ2n) is 6.64. The lowest BCUT2D eigenvalue weighted by atomic mass is 9.94. The molecule has 23 heavy (non-hydrogen) atoms. The number of aryl methyl sites for hydroxylation is 1. The number of carbonyl (C=O) groups is 1. The molecule has 1 N–H and O–H groups in total. The van der Waals surface area contributed by atoms with E-state index in [2.05, 4.69) is 26.2 Å². The van der Waals surface area contributed by atoms with Crippen LogP contribution in [0.2, 0.25) is 0 Å². The highest BCUT2D eigenvalue weighted by molar-refractivity contribution is 5.77. The van der Waals surface area contributed by atoms with E-state index in [1.165, 1.54) is 12.8 Å². The van der Waals surface area contributed by atoms with Crippen LogP contribution in [-0.4, -0.2) is 60.5 Å². The first-order valence-electron chi connectivity index (χ1n) is 8.69. The maximum Gasteiger partial charge on any atom is 0.233 e. The van der Waals surface area contributed by atoms with Gasteiger partial charge in [-0.15, -0.1) is 0 Å². The van der Waals surface area contributed by atoms with Gasteiger partial charge >= 0.3 is 0 Å². The molecule has 1 aromatic heterocycles. The number of rotatable bonds is 4. The smallest absolute Gasteiger partial charge is 0.233 e. The molecule has 2 aliphatic rings. The summed E-state index contributed by atoms with van der Waals surface area (Å²) in [6, 6.07) is 2.17. The Hall–Kier alpha value is -1.69. The van der Waals surface area contributed by atoms with E-state index in [0.717, 1.165) is 56.4 Å². The molecule has 3 rings (SSSR count). The van der Waals surface area contributed by atoms with Crippen LogP contribution >= 0.6 is 0 Å². The lowest BCUT2D eigenvalue weighted by molar-refractivity contribution is -0.122. The van der Waals surface area contributed by atoms with Crippen molar-refractivity contribution in [3.8, 4) is 0 Å². The third kappa shape index (κ3) is 3.99. The zero-order valence-electron chi connectivity index (χ0n) is 14.2. The number of amides is 1. The zero-order valence-corrected chi connectivity index (χ0v) is 14.2. The zero-order chi connectivity index (χ0) is 16.2. The van der Waals surface area contributed by atoms with Crippen molar-refractivity contribution in [3.05, 3.63) is 17.6 Å². The van der Waals surface area contributed by atoms with Gasteiger partial charge in [-0.2, -0.15) is 0 Å². The highest BCUT2D eigenvalue weighted by atomic mass is 16.1. The van der Waals surface area contributed by atoms with Crippen LogP contribution in [0.15, 0.2) is 6.07 Å². The first-order valence-corrected chi connectivity index (χ1v) is 8.69. The van der Waals surface area contributed by atoms with Gasteiger partial charge in [0.05, 0.1) is 12.2 Å². The molecular weight excluding hydrogens is 290 g/mol. The number of nitrogens with one attached hydrogen (secondary N) is 1. The van der Waals surface area contributed by atoms with Crippen LogP contribution in [0.3, 0.4) is 0 Å². The standard InChI is InChI=1S/C17H27N5O/c1-13-19-15(10-16(20-13)22-8-3-4-9-22)14-6-5-7-21(11-14)12-17(23)18-2/h10,14H,3-9,11-12H2,1-2H3,(H,18,23)/t14-/m1/s1. The summed E-state index contributed by atoms with van der Waals surface area (Å²) in [5.41, 5.74) is 1.14. The fourth-order valence-electron chi connectivity index (χ4n) is 3.61. The summed E-state index contributed by atoms with van der Waals surface area (Å²) in [5.74, 6) is 2.42. The van der Waals surface area contributed by atoms with E-state index in [0.29, 0.717) is 12.5 Å². The fraction of sp³-hybridized carbons (Fsp3) is 0.706. The first-order chi connectivity index (χ1) is 11.2. The number of carbonyl (C=O) groups excluding carboxylic acids is 1. The largest absolute Gasteiger partial charge is 0.358 e. The average molecular weight is 317 g/mol. The molecule has 0 aromatic carbocycles. The van der Waals surface area contributed by atoms with Crippen LogP contribution in [0.25, 0.3) is 0 Å². The summed E-state index contributed by atoms with van der Waals surface area (Å²) in [4.78, 5) is 25.5. The molecule has 1 amide bonds. The molecule has 3 heterocycles. The average Bonchev–Trinajstić information content (AvgIpc) is 3.09. The Morgan fingerprint density at radius 2 is 2.04 bits per heavy atom. The Balaban J connectivity index is 1.73. The minimum Gasteiger partial charge on any atom is -0.358 e. The highest BCUT2D eigenvalue weighted by Gasteiger charge is 2.25. The molecule has 0 saturated carbocycles. The molecule has 0 radical (unpaired) electrons. The van der Waals surface area contributed by atoms with Gasteiger partial charge in [-0.1, -0.05) is 0 Å². The molecule has 1 aromatic rings. The van der Waals surface area contributed by atoms with Gasteiger partial charge in [0, 0.05) is 38.7 Å². The normalized spacial score (nSPS) is 22.3. The molecule has 126 valence electrons. The van der Waals surface area contributed by atoms with Crippen molar-refractivity contribution in [1.29, 1.82) is 0 Å². The molecule has 0 bridgehead atoms. The molecule has 0 unspecified atom stereocenters. The topological polar surface area (TPSA) is 61.4 Å². The van der Waals surface area contributed by atoms with Gasteiger partial charge in [-0.25, -0.2) is 9.97 Å². The van der Waals surface area contributed by atoms with Crippen LogP contribution in [0, 0.1) is 6.92 Å². The van der Waals surface area contributed by atoms with E-state index in [9.17, 15) is 4.79 Å². The predicted octanol–water partition coefficient (Wildman–Crippen LogP) is 1.31. The Morgan fingerprint density at radius 1 is 1.26 bits per heavy atom. The highest BCUT2D eigenvalue weighted by Crippen LogP contribution is 2.28. The van der Waals surface area contributed by atoms with Gasteiger partial charge in [0.25, 0.3) is 0 Å². The number of anilines is 1. The summed E-state index contributed by atoms with van der Waals surface area (Å²) >= 11 is 0. The Labute approximate surface area is 138 Å². The maximum absolute atomic E-state index is 11.6. The molecule has 2 fully saturated rings. The number of hydrogen-bond acceptors (Lipinski definition) is 5. The molecular formula is C17H27N5O. The van der Waals surface area contributed by atoms with Crippen LogP contribution < -0.4 is 10.2 Å². The minimum absolute atomic E-state index is 0.0854. The van der Waals surface area contributed by atoms with Gasteiger partial charge in [0.2, 0.25) is 5.91 Å². The van der Waals surface area contributed by atoms with E-state index >= 15 is 0 Å². The van der Waals surface area contributed by atoms with Crippen molar-refractivity contribution in [2.75, 3.05) is 44.7 Å². The third-order valence-corrected chi connectivity index (χ3v) is 4.84. The van der Waals surface area contributed by atoms with Crippen molar-refractivity contribution in [1.82, 2.24) is 20.2 Å².